The van der Waals surface area contributed by atoms with E-state index in [-0.39, 0.29) is 0 Å². The summed E-state index contributed by atoms with van der Waals surface area (Å²) in [6.07, 6.45) is 1.52. The quantitative estimate of drug-likeness (QED) is 0.796. The fraction of sp³-hybridized carbons (Fsp3) is 0.818. The highest BCUT2D eigenvalue weighted by molar-refractivity contribution is 4.99. The van der Waals surface area contributed by atoms with Crippen molar-refractivity contribution in [3.05, 3.63) is 11.7 Å². The average Bonchev–Trinajstić information content (AvgIpc) is 2.76. The number of rotatable bonds is 6. The van der Waals surface area contributed by atoms with Crippen LogP contribution in [0.15, 0.2) is 4.52 Å². The van der Waals surface area contributed by atoms with Gasteiger partial charge in [-0.05, 0) is 25.8 Å². The number of hydrogen-bond acceptors (Lipinski definition) is 5. The van der Waals surface area contributed by atoms with E-state index in [1.807, 2.05) is 13.8 Å². The number of methoxy groups -OCH3 is 1. The lowest BCUT2D eigenvalue weighted by atomic mass is 10.0. The molecular weight excluding hydrogens is 206 g/mol. The predicted molar refractivity (Wildman–Crippen MR) is 60.9 cm³/mol. The highest BCUT2D eigenvalue weighted by Crippen LogP contribution is 2.25. The second kappa shape index (κ2) is 5.41. The van der Waals surface area contributed by atoms with Crippen molar-refractivity contribution in [3.63, 3.8) is 0 Å². The summed E-state index contributed by atoms with van der Waals surface area (Å²) in [5.41, 5.74) is 5.09. The van der Waals surface area contributed by atoms with Crippen molar-refractivity contribution < 1.29 is 9.26 Å². The van der Waals surface area contributed by atoms with Crippen LogP contribution in [0.1, 0.15) is 38.9 Å². The number of nitrogens with two attached hydrogens (primary N) is 1. The molecule has 5 heteroatoms. The number of nitrogens with zero attached hydrogens (tertiary/aromatic N) is 2. The van der Waals surface area contributed by atoms with Gasteiger partial charge < -0.3 is 15.0 Å². The third-order valence-electron chi connectivity index (χ3n) is 2.99. The summed E-state index contributed by atoms with van der Waals surface area (Å²) in [5, 5.41) is 3.97. The van der Waals surface area contributed by atoms with Gasteiger partial charge in [-0.25, -0.2) is 0 Å². The Bertz CT molecular complexity index is 321. The van der Waals surface area contributed by atoms with E-state index in [0.717, 1.165) is 6.42 Å². The molecule has 0 saturated carbocycles. The Morgan fingerprint density at radius 2 is 2.25 bits per heavy atom. The van der Waals surface area contributed by atoms with Gasteiger partial charge >= 0.3 is 0 Å². The molecule has 92 valence electrons. The van der Waals surface area contributed by atoms with Gasteiger partial charge in [-0.1, -0.05) is 19.0 Å². The second-order valence-electron chi connectivity index (χ2n) is 4.35. The maximum absolute atomic E-state index is 5.55. The fourth-order valence-corrected chi connectivity index (χ4v) is 1.33. The van der Waals surface area contributed by atoms with Gasteiger partial charge in [0.25, 0.3) is 0 Å². The molecule has 0 aromatic carbocycles. The SMILES string of the molecule is CCC(C)(OC)c1noc(CC(C)CN)n1. The van der Waals surface area contributed by atoms with Crippen molar-refractivity contribution in [2.45, 2.75) is 39.2 Å². The summed E-state index contributed by atoms with van der Waals surface area (Å²) in [4.78, 5) is 4.35. The monoisotopic (exact) mass is 227 g/mol. The van der Waals surface area contributed by atoms with E-state index in [0.29, 0.717) is 30.6 Å². The van der Waals surface area contributed by atoms with Crippen LogP contribution in [0.4, 0.5) is 0 Å². The molecule has 0 fully saturated rings. The van der Waals surface area contributed by atoms with Gasteiger partial charge in [-0.15, -0.1) is 0 Å². The topological polar surface area (TPSA) is 74.2 Å². The molecule has 1 aromatic rings. The standard InChI is InChI=1S/C11H21N3O2/c1-5-11(3,15-4)10-13-9(16-14-10)6-8(2)7-12/h8H,5-7,12H2,1-4H3. The molecule has 2 unspecified atom stereocenters. The lowest BCUT2D eigenvalue weighted by Crippen LogP contribution is -2.25. The zero-order valence-corrected chi connectivity index (χ0v) is 10.5. The van der Waals surface area contributed by atoms with E-state index >= 15 is 0 Å². The van der Waals surface area contributed by atoms with Crippen molar-refractivity contribution in [1.82, 2.24) is 10.1 Å². The minimum absolute atomic E-state index is 0.351. The molecule has 2 atom stereocenters. The Balaban J connectivity index is 2.78. The first kappa shape index (κ1) is 13.1. The van der Waals surface area contributed by atoms with Crippen LogP contribution in [-0.4, -0.2) is 23.8 Å². The average molecular weight is 227 g/mol. The molecule has 16 heavy (non-hydrogen) atoms. The summed E-state index contributed by atoms with van der Waals surface area (Å²) in [7, 11) is 1.65. The largest absolute Gasteiger partial charge is 0.370 e. The molecular formula is C11H21N3O2. The van der Waals surface area contributed by atoms with E-state index in [4.69, 9.17) is 15.0 Å². The molecule has 0 radical (unpaired) electrons. The first-order chi connectivity index (χ1) is 7.55. The van der Waals surface area contributed by atoms with Gasteiger partial charge in [0.05, 0.1) is 0 Å². The van der Waals surface area contributed by atoms with Crippen LogP contribution < -0.4 is 5.73 Å². The third kappa shape index (κ3) is 2.80. The van der Waals surface area contributed by atoms with Gasteiger partial charge in [-0.2, -0.15) is 4.98 Å². The number of hydrogen-bond donors (Lipinski definition) is 1. The van der Waals surface area contributed by atoms with Crippen LogP contribution in [0.2, 0.25) is 0 Å². The van der Waals surface area contributed by atoms with E-state index in [9.17, 15) is 0 Å². The minimum Gasteiger partial charge on any atom is -0.370 e. The van der Waals surface area contributed by atoms with E-state index in [2.05, 4.69) is 17.1 Å². The predicted octanol–water partition coefficient (Wildman–Crippen LogP) is 1.48. The Labute approximate surface area is 96.4 Å². The first-order valence-corrected chi connectivity index (χ1v) is 5.64. The highest BCUT2D eigenvalue weighted by Gasteiger charge is 2.30. The molecule has 1 heterocycles. The molecule has 1 aromatic heterocycles. The number of aromatic nitrogens is 2. The van der Waals surface area contributed by atoms with E-state index < -0.39 is 5.60 Å². The van der Waals surface area contributed by atoms with Crippen molar-refractivity contribution >= 4 is 0 Å². The van der Waals surface area contributed by atoms with E-state index in [1.165, 1.54) is 0 Å². The van der Waals surface area contributed by atoms with Crippen molar-refractivity contribution in [2.75, 3.05) is 13.7 Å². The maximum atomic E-state index is 5.55. The zero-order chi connectivity index (χ0) is 12.2. The second-order valence-corrected chi connectivity index (χ2v) is 4.35. The molecule has 5 nitrogen and oxygen atoms in total. The van der Waals surface area contributed by atoms with Crippen molar-refractivity contribution in [2.24, 2.45) is 11.7 Å². The highest BCUT2D eigenvalue weighted by atomic mass is 16.5. The number of ether oxygens (including phenoxy) is 1. The summed E-state index contributed by atoms with van der Waals surface area (Å²) in [6, 6.07) is 0. The van der Waals surface area contributed by atoms with Crippen LogP contribution in [0.5, 0.6) is 0 Å². The fourth-order valence-electron chi connectivity index (χ4n) is 1.33. The van der Waals surface area contributed by atoms with Crippen LogP contribution in [0, 0.1) is 5.92 Å². The molecule has 0 aliphatic rings. The summed E-state index contributed by atoms with van der Waals surface area (Å²) in [5.74, 6) is 1.59. The minimum atomic E-state index is -0.465. The molecule has 2 N–H and O–H groups in total. The van der Waals surface area contributed by atoms with Gasteiger partial charge in [0.1, 0.15) is 5.60 Å². The smallest absolute Gasteiger partial charge is 0.227 e. The molecule has 0 aliphatic carbocycles. The molecule has 0 spiro atoms. The van der Waals surface area contributed by atoms with Gasteiger partial charge in [-0.3, -0.25) is 0 Å². The normalized spacial score (nSPS) is 17.1. The van der Waals surface area contributed by atoms with Crippen LogP contribution >= 0.6 is 0 Å². The van der Waals surface area contributed by atoms with Crippen LogP contribution in [0.25, 0.3) is 0 Å². The lowest BCUT2D eigenvalue weighted by molar-refractivity contribution is -0.0106. The molecule has 1 rings (SSSR count). The Morgan fingerprint density at radius 1 is 1.56 bits per heavy atom. The summed E-state index contributed by atoms with van der Waals surface area (Å²) < 4.78 is 10.6. The van der Waals surface area contributed by atoms with Crippen molar-refractivity contribution in [1.29, 1.82) is 0 Å². The van der Waals surface area contributed by atoms with Crippen LogP contribution in [-0.2, 0) is 16.8 Å². The summed E-state index contributed by atoms with van der Waals surface area (Å²) in [6.45, 7) is 6.66. The van der Waals surface area contributed by atoms with Crippen molar-refractivity contribution in [3.8, 4) is 0 Å². The Morgan fingerprint density at radius 3 is 2.75 bits per heavy atom. The lowest BCUT2D eigenvalue weighted by Gasteiger charge is -2.21. The third-order valence-corrected chi connectivity index (χ3v) is 2.99. The van der Waals surface area contributed by atoms with Crippen LogP contribution in [0.3, 0.4) is 0 Å². The van der Waals surface area contributed by atoms with Gasteiger partial charge in [0.15, 0.2) is 0 Å². The molecule has 0 bridgehead atoms. The Kier molecular flexibility index (Phi) is 4.44. The van der Waals surface area contributed by atoms with Gasteiger partial charge in [0.2, 0.25) is 11.7 Å². The zero-order valence-electron chi connectivity index (χ0n) is 10.5. The summed E-state index contributed by atoms with van der Waals surface area (Å²) >= 11 is 0. The van der Waals surface area contributed by atoms with Gasteiger partial charge in [0, 0.05) is 13.5 Å². The first-order valence-electron chi connectivity index (χ1n) is 5.64. The Hall–Kier alpha value is -0.940. The molecule has 0 amide bonds. The molecule has 0 saturated heterocycles. The molecule has 0 aliphatic heterocycles. The van der Waals surface area contributed by atoms with E-state index in [1.54, 1.807) is 7.11 Å². The maximum Gasteiger partial charge on any atom is 0.227 e.